The first kappa shape index (κ1) is 13.7. The molecule has 19 heavy (non-hydrogen) atoms. The van der Waals surface area contributed by atoms with Gasteiger partial charge in [0.15, 0.2) is 0 Å². The minimum Gasteiger partial charge on any atom is -0.398 e. The normalized spacial score (nSPS) is 18.3. The average molecular weight is 263 g/mol. The molecular weight excluding hydrogens is 242 g/mol. The van der Waals surface area contributed by atoms with Gasteiger partial charge in [0.2, 0.25) is 0 Å². The number of nitrogens with two attached hydrogens (primary N) is 2. The van der Waals surface area contributed by atoms with E-state index in [9.17, 15) is 9.90 Å². The Hall–Kier alpha value is -1.75. The predicted octanol–water partition coefficient (Wildman–Crippen LogP) is 0.965. The second-order valence-corrected chi connectivity index (χ2v) is 5.20. The molecule has 1 fully saturated rings. The highest BCUT2D eigenvalue weighted by atomic mass is 16.3. The fourth-order valence-corrected chi connectivity index (χ4v) is 2.59. The van der Waals surface area contributed by atoms with E-state index in [1.54, 1.807) is 12.1 Å². The molecule has 0 radical (unpaired) electrons. The molecule has 1 heterocycles. The quantitative estimate of drug-likeness (QED) is 0.708. The number of primary amides is 1. The summed E-state index contributed by atoms with van der Waals surface area (Å²) in [6.07, 6.45) is 1.65. The lowest BCUT2D eigenvalue weighted by molar-refractivity contribution is 0.100. The van der Waals surface area contributed by atoms with E-state index in [1.165, 1.54) is 0 Å². The molecule has 104 valence electrons. The largest absolute Gasteiger partial charge is 0.398 e. The Kier molecular flexibility index (Phi) is 3.95. The van der Waals surface area contributed by atoms with Crippen molar-refractivity contribution in [3.05, 3.63) is 23.8 Å². The third kappa shape index (κ3) is 2.98. The predicted molar refractivity (Wildman–Crippen MR) is 76.0 cm³/mol. The van der Waals surface area contributed by atoms with Gasteiger partial charge in [-0.1, -0.05) is 0 Å². The van der Waals surface area contributed by atoms with Crippen LogP contribution in [0.15, 0.2) is 18.2 Å². The number of rotatable bonds is 3. The van der Waals surface area contributed by atoms with Gasteiger partial charge in [-0.3, -0.25) is 4.79 Å². The third-order valence-corrected chi connectivity index (χ3v) is 3.89. The minimum atomic E-state index is -0.502. The van der Waals surface area contributed by atoms with Crippen molar-refractivity contribution >= 4 is 17.3 Å². The number of benzene rings is 1. The molecule has 5 heteroatoms. The second kappa shape index (κ2) is 5.48. The summed E-state index contributed by atoms with van der Waals surface area (Å²) in [6.45, 7) is 3.59. The Labute approximate surface area is 113 Å². The maximum Gasteiger partial charge on any atom is 0.250 e. The van der Waals surface area contributed by atoms with Crippen LogP contribution in [-0.4, -0.2) is 30.2 Å². The van der Waals surface area contributed by atoms with Crippen molar-refractivity contribution in [1.82, 2.24) is 0 Å². The molecule has 1 aliphatic heterocycles. The van der Waals surface area contributed by atoms with Gasteiger partial charge in [0, 0.05) is 24.5 Å². The van der Waals surface area contributed by atoms with Crippen molar-refractivity contribution in [3.63, 3.8) is 0 Å². The SMILES string of the molecule is CC(O)C1CCN(c2ccc(N)c(C(N)=O)c2)CC1. The Balaban J connectivity index is 2.12. The van der Waals surface area contributed by atoms with Crippen LogP contribution < -0.4 is 16.4 Å². The summed E-state index contributed by atoms with van der Waals surface area (Å²) in [6, 6.07) is 5.38. The van der Waals surface area contributed by atoms with Crippen LogP contribution in [0.5, 0.6) is 0 Å². The van der Waals surface area contributed by atoms with E-state index >= 15 is 0 Å². The van der Waals surface area contributed by atoms with E-state index in [0.717, 1.165) is 31.6 Å². The Bertz CT molecular complexity index is 466. The van der Waals surface area contributed by atoms with Crippen LogP contribution in [0, 0.1) is 5.92 Å². The van der Waals surface area contributed by atoms with E-state index < -0.39 is 5.91 Å². The summed E-state index contributed by atoms with van der Waals surface area (Å²) in [5.41, 5.74) is 12.8. The number of nitrogen functional groups attached to an aromatic ring is 1. The molecule has 1 saturated heterocycles. The van der Waals surface area contributed by atoms with E-state index in [1.807, 2.05) is 13.0 Å². The number of aliphatic hydroxyl groups excluding tert-OH is 1. The van der Waals surface area contributed by atoms with Gasteiger partial charge in [-0.2, -0.15) is 0 Å². The summed E-state index contributed by atoms with van der Waals surface area (Å²) < 4.78 is 0. The van der Waals surface area contributed by atoms with Gasteiger partial charge in [0.25, 0.3) is 5.91 Å². The van der Waals surface area contributed by atoms with E-state index in [0.29, 0.717) is 17.2 Å². The highest BCUT2D eigenvalue weighted by Crippen LogP contribution is 2.27. The molecule has 1 aromatic rings. The number of carbonyl (C=O) groups excluding carboxylic acids is 1. The van der Waals surface area contributed by atoms with Gasteiger partial charge in [-0.05, 0) is 43.9 Å². The number of hydrogen-bond acceptors (Lipinski definition) is 4. The molecule has 5 nitrogen and oxygen atoms in total. The van der Waals surface area contributed by atoms with Crippen molar-refractivity contribution in [2.45, 2.75) is 25.9 Å². The zero-order valence-corrected chi connectivity index (χ0v) is 11.2. The van der Waals surface area contributed by atoms with Crippen molar-refractivity contribution in [3.8, 4) is 0 Å². The van der Waals surface area contributed by atoms with Crippen molar-refractivity contribution in [2.75, 3.05) is 23.7 Å². The highest BCUT2D eigenvalue weighted by Gasteiger charge is 2.23. The molecule has 1 amide bonds. The minimum absolute atomic E-state index is 0.255. The van der Waals surface area contributed by atoms with Crippen LogP contribution in [0.3, 0.4) is 0 Å². The second-order valence-electron chi connectivity index (χ2n) is 5.20. The summed E-state index contributed by atoms with van der Waals surface area (Å²) in [5, 5.41) is 9.59. The van der Waals surface area contributed by atoms with Crippen LogP contribution in [0.4, 0.5) is 11.4 Å². The van der Waals surface area contributed by atoms with Crippen LogP contribution in [-0.2, 0) is 0 Å². The summed E-state index contributed by atoms with van der Waals surface area (Å²) in [7, 11) is 0. The van der Waals surface area contributed by atoms with Crippen LogP contribution in [0.1, 0.15) is 30.1 Å². The molecule has 0 aromatic heterocycles. The van der Waals surface area contributed by atoms with E-state index in [-0.39, 0.29) is 6.10 Å². The fraction of sp³-hybridized carbons (Fsp3) is 0.500. The molecule has 1 aliphatic rings. The zero-order valence-electron chi connectivity index (χ0n) is 11.2. The Morgan fingerprint density at radius 3 is 2.58 bits per heavy atom. The first-order valence-electron chi connectivity index (χ1n) is 6.61. The first-order valence-corrected chi connectivity index (χ1v) is 6.61. The van der Waals surface area contributed by atoms with E-state index in [2.05, 4.69) is 4.90 Å². The molecule has 0 bridgehead atoms. The molecule has 1 unspecified atom stereocenters. The number of anilines is 2. The maximum atomic E-state index is 11.3. The Morgan fingerprint density at radius 2 is 2.05 bits per heavy atom. The van der Waals surface area contributed by atoms with Gasteiger partial charge in [0.1, 0.15) is 0 Å². The lowest BCUT2D eigenvalue weighted by atomic mass is 9.92. The number of nitrogens with zero attached hydrogens (tertiary/aromatic N) is 1. The average Bonchev–Trinajstić information content (AvgIpc) is 2.39. The van der Waals surface area contributed by atoms with Gasteiger partial charge >= 0.3 is 0 Å². The standard InChI is InChI=1S/C14H21N3O2/c1-9(18)10-4-6-17(7-5-10)11-2-3-13(15)12(8-11)14(16)19/h2-3,8-10,18H,4-7,15H2,1H3,(H2,16,19). The van der Waals surface area contributed by atoms with Gasteiger partial charge < -0.3 is 21.5 Å². The molecule has 2 rings (SSSR count). The molecule has 0 saturated carbocycles. The molecule has 1 atom stereocenters. The molecule has 0 spiro atoms. The number of amides is 1. The zero-order chi connectivity index (χ0) is 14.0. The van der Waals surface area contributed by atoms with Crippen molar-refractivity contribution in [2.24, 2.45) is 11.7 Å². The number of aliphatic hydroxyl groups is 1. The molecule has 1 aromatic carbocycles. The van der Waals surface area contributed by atoms with Crippen molar-refractivity contribution < 1.29 is 9.90 Å². The lowest BCUT2D eigenvalue weighted by Gasteiger charge is -2.35. The van der Waals surface area contributed by atoms with Crippen LogP contribution in [0.25, 0.3) is 0 Å². The summed E-state index contributed by atoms with van der Waals surface area (Å²) >= 11 is 0. The number of piperidine rings is 1. The van der Waals surface area contributed by atoms with Gasteiger partial charge in [-0.25, -0.2) is 0 Å². The third-order valence-electron chi connectivity index (χ3n) is 3.89. The Morgan fingerprint density at radius 1 is 1.42 bits per heavy atom. The van der Waals surface area contributed by atoms with Crippen LogP contribution >= 0.6 is 0 Å². The molecule has 5 N–H and O–H groups in total. The fourth-order valence-electron chi connectivity index (χ4n) is 2.59. The smallest absolute Gasteiger partial charge is 0.250 e. The number of hydrogen-bond donors (Lipinski definition) is 3. The van der Waals surface area contributed by atoms with Gasteiger partial charge in [0.05, 0.1) is 11.7 Å². The number of carbonyl (C=O) groups is 1. The lowest BCUT2D eigenvalue weighted by Crippen LogP contribution is -2.37. The van der Waals surface area contributed by atoms with Gasteiger partial charge in [-0.15, -0.1) is 0 Å². The summed E-state index contributed by atoms with van der Waals surface area (Å²) in [4.78, 5) is 13.5. The molecular formula is C14H21N3O2. The molecule has 0 aliphatic carbocycles. The highest BCUT2D eigenvalue weighted by molar-refractivity contribution is 5.99. The maximum absolute atomic E-state index is 11.3. The van der Waals surface area contributed by atoms with Crippen LogP contribution in [0.2, 0.25) is 0 Å². The topological polar surface area (TPSA) is 92.6 Å². The van der Waals surface area contributed by atoms with E-state index in [4.69, 9.17) is 11.5 Å². The van der Waals surface area contributed by atoms with Crippen molar-refractivity contribution in [1.29, 1.82) is 0 Å². The first-order chi connectivity index (χ1) is 8.99. The summed E-state index contributed by atoms with van der Waals surface area (Å²) in [5.74, 6) is -0.140. The monoisotopic (exact) mass is 263 g/mol.